The zero-order valence-electron chi connectivity index (χ0n) is 9.68. The Hall–Kier alpha value is -2.02. The molecule has 2 rings (SSSR count). The number of rotatable bonds is 4. The molecule has 0 bridgehead atoms. The molecule has 0 N–H and O–H groups in total. The molecule has 0 saturated heterocycles. The zero-order valence-corrected chi connectivity index (χ0v) is 10.6. The first-order valence-electron chi connectivity index (χ1n) is 5.48. The molecule has 0 saturated carbocycles. The van der Waals surface area contributed by atoms with Crippen LogP contribution in [0.3, 0.4) is 0 Å². The second-order valence-corrected chi connectivity index (χ2v) is 6.58. The second-order valence-electron chi connectivity index (χ2n) is 3.78. The van der Waals surface area contributed by atoms with Crippen LogP contribution >= 0.6 is 7.14 Å². The third-order valence-corrected chi connectivity index (χ3v) is 5.46. The molecular weight excluding hydrogens is 245 g/mol. The van der Waals surface area contributed by atoms with Crippen molar-refractivity contribution in [1.29, 1.82) is 0 Å². The largest absolute Gasteiger partial charge is 0.314 e. The molecule has 4 nitrogen and oxygen atoms in total. The van der Waals surface area contributed by atoms with Gasteiger partial charge in [-0.15, -0.1) is 0 Å². The molecule has 2 aromatic carbocycles. The van der Waals surface area contributed by atoms with Crippen molar-refractivity contribution in [2.24, 2.45) is 5.11 Å². The maximum absolute atomic E-state index is 13.1. The molecule has 0 radical (unpaired) electrons. The molecule has 0 spiro atoms. The summed E-state index contributed by atoms with van der Waals surface area (Å²) in [6.07, 6.45) is -0.0302. The summed E-state index contributed by atoms with van der Waals surface area (Å²) in [6.45, 7) is 0. The standard InChI is InChI=1S/C13H12N3OP/c14-16-15-11-18(17,12-7-3-1-4-8-12)13-9-5-2-6-10-13/h1-10H,11H2. The van der Waals surface area contributed by atoms with Crippen molar-refractivity contribution >= 4 is 17.8 Å². The van der Waals surface area contributed by atoms with Crippen LogP contribution in [-0.4, -0.2) is 6.29 Å². The number of benzene rings is 2. The summed E-state index contributed by atoms with van der Waals surface area (Å²) >= 11 is 0. The lowest BCUT2D eigenvalue weighted by Gasteiger charge is -2.16. The summed E-state index contributed by atoms with van der Waals surface area (Å²) in [7, 11) is -2.86. The van der Waals surface area contributed by atoms with Crippen molar-refractivity contribution in [2.75, 3.05) is 6.29 Å². The Balaban J connectivity index is 2.55. The van der Waals surface area contributed by atoms with Gasteiger partial charge in [0.1, 0.15) is 7.14 Å². The van der Waals surface area contributed by atoms with E-state index in [0.717, 1.165) is 0 Å². The van der Waals surface area contributed by atoms with Gasteiger partial charge in [-0.3, -0.25) is 0 Å². The van der Waals surface area contributed by atoms with E-state index < -0.39 is 7.14 Å². The predicted molar refractivity (Wildman–Crippen MR) is 73.8 cm³/mol. The van der Waals surface area contributed by atoms with Crippen LogP contribution in [0.15, 0.2) is 65.8 Å². The molecule has 0 aromatic heterocycles. The lowest BCUT2D eigenvalue weighted by atomic mass is 10.4. The van der Waals surface area contributed by atoms with Crippen molar-refractivity contribution in [1.82, 2.24) is 0 Å². The summed E-state index contributed by atoms with van der Waals surface area (Å²) in [6, 6.07) is 18.3. The molecule has 0 fully saturated rings. The first-order chi connectivity index (χ1) is 8.77. The minimum Gasteiger partial charge on any atom is -0.314 e. The summed E-state index contributed by atoms with van der Waals surface area (Å²) in [5.41, 5.74) is 8.46. The van der Waals surface area contributed by atoms with Gasteiger partial charge in [-0.25, -0.2) is 0 Å². The van der Waals surface area contributed by atoms with Crippen molar-refractivity contribution in [3.8, 4) is 0 Å². The molecule has 0 unspecified atom stereocenters. The number of hydrogen-bond acceptors (Lipinski definition) is 2. The Bertz CT molecular complexity index is 563. The highest BCUT2D eigenvalue weighted by atomic mass is 31.2. The van der Waals surface area contributed by atoms with E-state index in [1.165, 1.54) is 0 Å². The van der Waals surface area contributed by atoms with E-state index in [0.29, 0.717) is 10.6 Å². The van der Waals surface area contributed by atoms with Crippen molar-refractivity contribution in [2.45, 2.75) is 0 Å². The highest BCUT2D eigenvalue weighted by Crippen LogP contribution is 2.43. The van der Waals surface area contributed by atoms with Gasteiger partial charge < -0.3 is 4.57 Å². The predicted octanol–water partition coefficient (Wildman–Crippen LogP) is 3.27. The summed E-state index contributed by atoms with van der Waals surface area (Å²) in [5.74, 6) is 0. The van der Waals surface area contributed by atoms with E-state index in [1.54, 1.807) is 24.3 Å². The third kappa shape index (κ3) is 2.45. The molecular formula is C13H12N3OP. The Morgan fingerprint density at radius 1 is 0.944 bits per heavy atom. The van der Waals surface area contributed by atoms with E-state index in [9.17, 15) is 4.57 Å². The lowest BCUT2D eigenvalue weighted by Crippen LogP contribution is -2.17. The van der Waals surface area contributed by atoms with Gasteiger partial charge in [-0.05, 0) is 5.53 Å². The van der Waals surface area contributed by atoms with Crippen LogP contribution in [0.1, 0.15) is 0 Å². The summed E-state index contributed by atoms with van der Waals surface area (Å²) in [4.78, 5) is 2.72. The third-order valence-electron chi connectivity index (χ3n) is 2.67. The maximum Gasteiger partial charge on any atom is 0.149 e. The SMILES string of the molecule is [N-]=[N+]=NCP(=O)(c1ccccc1)c1ccccc1. The summed E-state index contributed by atoms with van der Waals surface area (Å²) in [5, 5.41) is 4.94. The van der Waals surface area contributed by atoms with Gasteiger partial charge in [0, 0.05) is 15.5 Å². The van der Waals surface area contributed by atoms with E-state index in [1.807, 2.05) is 36.4 Å². The number of nitrogens with zero attached hydrogens (tertiary/aromatic N) is 3. The van der Waals surface area contributed by atoms with Crippen molar-refractivity contribution < 1.29 is 4.57 Å². The molecule has 0 aliphatic rings. The molecule has 0 aliphatic heterocycles. The van der Waals surface area contributed by atoms with Crippen LogP contribution in [0.2, 0.25) is 0 Å². The topological polar surface area (TPSA) is 65.8 Å². The highest BCUT2D eigenvalue weighted by Gasteiger charge is 2.25. The minimum atomic E-state index is -2.86. The fraction of sp³-hybridized carbons (Fsp3) is 0.0769. The van der Waals surface area contributed by atoms with E-state index in [4.69, 9.17) is 5.53 Å². The normalized spacial score (nSPS) is 10.7. The van der Waals surface area contributed by atoms with Gasteiger partial charge in [0.05, 0.1) is 6.29 Å². The Morgan fingerprint density at radius 2 is 1.39 bits per heavy atom. The second kappa shape index (κ2) is 5.54. The van der Waals surface area contributed by atoms with Gasteiger partial charge in [0.25, 0.3) is 0 Å². The first kappa shape index (κ1) is 12.4. The Labute approximate surface area is 105 Å². The number of hydrogen-bond donors (Lipinski definition) is 0. The van der Waals surface area contributed by atoms with Gasteiger partial charge in [0.15, 0.2) is 0 Å². The molecule has 0 amide bonds. The molecule has 5 heteroatoms. The first-order valence-corrected chi connectivity index (χ1v) is 7.38. The van der Waals surface area contributed by atoms with E-state index in [-0.39, 0.29) is 6.29 Å². The fourth-order valence-corrected chi connectivity index (χ4v) is 3.93. The average molecular weight is 257 g/mol. The smallest absolute Gasteiger partial charge is 0.149 e. The van der Waals surface area contributed by atoms with Crippen LogP contribution in [0.25, 0.3) is 10.4 Å². The van der Waals surface area contributed by atoms with E-state index in [2.05, 4.69) is 10.0 Å². The van der Waals surface area contributed by atoms with Crippen molar-refractivity contribution in [3.05, 3.63) is 71.1 Å². The fourth-order valence-electron chi connectivity index (χ4n) is 1.77. The molecule has 2 aromatic rings. The van der Waals surface area contributed by atoms with Gasteiger partial charge >= 0.3 is 0 Å². The Morgan fingerprint density at radius 3 is 1.78 bits per heavy atom. The monoisotopic (exact) mass is 257 g/mol. The molecule has 0 aliphatic carbocycles. The quantitative estimate of drug-likeness (QED) is 0.359. The summed E-state index contributed by atoms with van der Waals surface area (Å²) < 4.78 is 13.1. The Kier molecular flexibility index (Phi) is 3.83. The molecule has 90 valence electrons. The van der Waals surface area contributed by atoms with E-state index >= 15 is 0 Å². The van der Waals surface area contributed by atoms with Gasteiger partial charge in [0.2, 0.25) is 0 Å². The van der Waals surface area contributed by atoms with Gasteiger partial charge in [-0.1, -0.05) is 65.8 Å². The van der Waals surface area contributed by atoms with Crippen LogP contribution < -0.4 is 10.6 Å². The average Bonchev–Trinajstić information content (AvgIpc) is 2.46. The maximum atomic E-state index is 13.1. The molecule has 0 atom stereocenters. The molecule has 18 heavy (non-hydrogen) atoms. The van der Waals surface area contributed by atoms with Crippen molar-refractivity contribution in [3.63, 3.8) is 0 Å². The van der Waals surface area contributed by atoms with Crippen LogP contribution in [-0.2, 0) is 4.57 Å². The zero-order chi connectivity index (χ0) is 12.8. The van der Waals surface area contributed by atoms with Crippen LogP contribution in [0, 0.1) is 0 Å². The van der Waals surface area contributed by atoms with Crippen LogP contribution in [0.4, 0.5) is 0 Å². The highest BCUT2D eigenvalue weighted by molar-refractivity contribution is 7.78. The lowest BCUT2D eigenvalue weighted by molar-refractivity contribution is 0.587. The number of azide groups is 1. The van der Waals surface area contributed by atoms with Gasteiger partial charge in [-0.2, -0.15) is 0 Å². The molecule has 0 heterocycles. The van der Waals surface area contributed by atoms with Crippen LogP contribution in [0.5, 0.6) is 0 Å². The minimum absolute atomic E-state index is 0.0302.